The van der Waals surface area contributed by atoms with Crippen molar-refractivity contribution in [3.8, 4) is 0 Å². The van der Waals surface area contributed by atoms with Crippen LogP contribution in [-0.2, 0) is 4.74 Å². The van der Waals surface area contributed by atoms with Crippen LogP contribution in [-0.4, -0.2) is 46.6 Å². The van der Waals surface area contributed by atoms with Gasteiger partial charge in [0.15, 0.2) is 0 Å². The molecule has 0 fully saturated rings. The molecule has 0 radical (unpaired) electrons. The van der Waals surface area contributed by atoms with Crippen molar-refractivity contribution in [2.24, 2.45) is 0 Å². The lowest BCUT2D eigenvalue weighted by atomic mass is 10.1. The topological polar surface area (TPSA) is 102 Å². The second-order valence-corrected chi connectivity index (χ2v) is 5.41. The number of carbonyl (C=O) groups excluding carboxylic acids is 1. The smallest absolute Gasteiger partial charge is 0.421 e. The number of hydrogen-bond donors (Lipinski definition) is 2. The summed E-state index contributed by atoms with van der Waals surface area (Å²) in [6.07, 6.45) is -9.48. The third kappa shape index (κ3) is 8.33. The third-order valence-corrected chi connectivity index (χ3v) is 2.32. The van der Waals surface area contributed by atoms with Crippen molar-refractivity contribution in [3.63, 3.8) is 0 Å². The van der Waals surface area contributed by atoms with Gasteiger partial charge in [-0.3, -0.25) is 10.1 Å². The lowest BCUT2D eigenvalue weighted by Gasteiger charge is -2.20. The molecular formula is C11H19F3N2O5. The van der Waals surface area contributed by atoms with E-state index in [0.717, 1.165) is 0 Å². The summed E-state index contributed by atoms with van der Waals surface area (Å²) in [4.78, 5) is 20.6. The lowest BCUT2D eigenvalue weighted by Crippen LogP contribution is -2.44. The fourth-order valence-corrected chi connectivity index (χ4v) is 1.41. The van der Waals surface area contributed by atoms with Gasteiger partial charge >= 0.3 is 12.3 Å². The van der Waals surface area contributed by atoms with Crippen LogP contribution in [0.25, 0.3) is 0 Å². The number of ether oxygens (including phenoxy) is 1. The first-order chi connectivity index (χ1) is 9.34. The summed E-state index contributed by atoms with van der Waals surface area (Å²) in [5, 5.41) is 21.7. The molecular weight excluding hydrogens is 297 g/mol. The number of carbonyl (C=O) groups is 1. The number of rotatable bonds is 6. The Kier molecular flexibility index (Phi) is 6.88. The standard InChI is InChI=1S/C11H19F3N2O5/c1-10(2,3)21-9(18)15-6-4-5-7(16(19)20)8(17)11(12,13)14/h7-8,17H,4-6H2,1-3H3,(H,15,18). The lowest BCUT2D eigenvalue weighted by molar-refractivity contribution is -0.545. The highest BCUT2D eigenvalue weighted by Gasteiger charge is 2.49. The second kappa shape index (κ2) is 7.43. The average molecular weight is 316 g/mol. The fraction of sp³-hybridized carbons (Fsp3) is 0.909. The molecule has 2 unspecified atom stereocenters. The van der Waals surface area contributed by atoms with Gasteiger partial charge in [0.1, 0.15) is 5.60 Å². The Morgan fingerprint density at radius 1 is 1.38 bits per heavy atom. The fourth-order valence-electron chi connectivity index (χ4n) is 1.41. The van der Waals surface area contributed by atoms with E-state index in [-0.39, 0.29) is 13.0 Å². The van der Waals surface area contributed by atoms with E-state index in [1.54, 1.807) is 20.8 Å². The van der Waals surface area contributed by atoms with Gasteiger partial charge in [-0.15, -0.1) is 0 Å². The van der Waals surface area contributed by atoms with Crippen molar-refractivity contribution in [2.75, 3.05) is 6.54 Å². The number of amides is 1. The highest BCUT2D eigenvalue weighted by atomic mass is 19.4. The molecule has 0 spiro atoms. The number of aliphatic hydroxyl groups is 1. The number of alkyl carbamates (subject to hydrolysis) is 1. The van der Waals surface area contributed by atoms with Crippen molar-refractivity contribution in [2.45, 2.75) is 57.5 Å². The number of nitro groups is 1. The maximum Gasteiger partial charge on any atom is 0.421 e. The Morgan fingerprint density at radius 2 is 1.90 bits per heavy atom. The monoisotopic (exact) mass is 316 g/mol. The Hall–Kier alpha value is -1.58. The van der Waals surface area contributed by atoms with Gasteiger partial charge in [-0.05, 0) is 27.2 Å². The highest BCUT2D eigenvalue weighted by molar-refractivity contribution is 5.67. The molecule has 0 aliphatic carbocycles. The highest BCUT2D eigenvalue weighted by Crippen LogP contribution is 2.25. The molecule has 0 heterocycles. The van der Waals surface area contributed by atoms with E-state index in [2.05, 4.69) is 5.32 Å². The van der Waals surface area contributed by atoms with Crippen LogP contribution in [0.4, 0.5) is 18.0 Å². The molecule has 0 saturated carbocycles. The van der Waals surface area contributed by atoms with Gasteiger partial charge in [0.25, 0.3) is 0 Å². The minimum absolute atomic E-state index is 0.0934. The van der Waals surface area contributed by atoms with E-state index in [0.29, 0.717) is 0 Å². The van der Waals surface area contributed by atoms with Gasteiger partial charge in [0.05, 0.1) is 0 Å². The zero-order valence-electron chi connectivity index (χ0n) is 11.9. The molecule has 10 heteroatoms. The summed E-state index contributed by atoms with van der Waals surface area (Å²) in [6, 6.07) is -2.16. The minimum atomic E-state index is -5.06. The van der Waals surface area contributed by atoms with Crippen molar-refractivity contribution >= 4 is 6.09 Å². The molecule has 2 N–H and O–H groups in total. The van der Waals surface area contributed by atoms with Gasteiger partial charge in [-0.1, -0.05) is 0 Å². The Balaban J connectivity index is 4.24. The van der Waals surface area contributed by atoms with Crippen LogP contribution in [0.1, 0.15) is 33.6 Å². The van der Waals surface area contributed by atoms with E-state index in [1.165, 1.54) is 0 Å². The minimum Gasteiger partial charge on any atom is -0.444 e. The van der Waals surface area contributed by atoms with Gasteiger partial charge in [-0.25, -0.2) is 4.79 Å². The molecule has 21 heavy (non-hydrogen) atoms. The van der Waals surface area contributed by atoms with Gasteiger partial charge < -0.3 is 15.2 Å². The summed E-state index contributed by atoms with van der Waals surface area (Å²) in [5.74, 6) is 0. The SMILES string of the molecule is CC(C)(C)OC(=O)NCCCC(C(O)C(F)(F)F)[N+](=O)[O-]. The van der Waals surface area contributed by atoms with E-state index in [1.807, 2.05) is 0 Å². The Labute approximate surface area is 119 Å². The summed E-state index contributed by atoms with van der Waals surface area (Å²) in [6.45, 7) is 4.81. The molecule has 0 rings (SSSR count). The summed E-state index contributed by atoms with van der Waals surface area (Å²) in [5.41, 5.74) is -0.722. The number of nitrogens with zero attached hydrogens (tertiary/aromatic N) is 1. The normalized spacial score (nSPS) is 15.2. The van der Waals surface area contributed by atoms with Crippen LogP contribution in [0, 0.1) is 10.1 Å². The van der Waals surface area contributed by atoms with Crippen molar-refractivity contribution in [1.29, 1.82) is 0 Å². The van der Waals surface area contributed by atoms with Crippen LogP contribution in [0.3, 0.4) is 0 Å². The zero-order valence-corrected chi connectivity index (χ0v) is 11.9. The summed E-state index contributed by atoms with van der Waals surface area (Å²) < 4.78 is 41.6. The summed E-state index contributed by atoms with van der Waals surface area (Å²) >= 11 is 0. The van der Waals surface area contributed by atoms with E-state index in [4.69, 9.17) is 9.84 Å². The Bertz CT molecular complexity index is 368. The molecule has 0 aromatic carbocycles. The maximum absolute atomic E-state index is 12.2. The van der Waals surface area contributed by atoms with Crippen molar-refractivity contribution in [1.82, 2.24) is 5.32 Å². The van der Waals surface area contributed by atoms with Crippen LogP contribution in [0.5, 0.6) is 0 Å². The number of nitrogens with one attached hydrogen (secondary N) is 1. The van der Waals surface area contributed by atoms with Gasteiger partial charge in [-0.2, -0.15) is 13.2 Å². The Morgan fingerprint density at radius 3 is 2.29 bits per heavy atom. The van der Waals surface area contributed by atoms with E-state index < -0.39 is 41.4 Å². The first-order valence-electron chi connectivity index (χ1n) is 6.19. The van der Waals surface area contributed by atoms with Crippen molar-refractivity contribution in [3.05, 3.63) is 10.1 Å². The van der Waals surface area contributed by atoms with Gasteiger partial charge in [0.2, 0.25) is 12.1 Å². The molecule has 124 valence electrons. The zero-order chi connectivity index (χ0) is 16.8. The number of halogens is 3. The first kappa shape index (κ1) is 19.4. The molecule has 0 aliphatic heterocycles. The molecule has 2 atom stereocenters. The maximum atomic E-state index is 12.2. The predicted octanol–water partition coefficient (Wildman–Crippen LogP) is 1.86. The molecule has 0 aliphatic rings. The third-order valence-electron chi connectivity index (χ3n) is 2.32. The number of hydrogen-bond acceptors (Lipinski definition) is 5. The molecule has 0 bridgehead atoms. The number of aliphatic hydroxyl groups excluding tert-OH is 1. The molecule has 0 aromatic heterocycles. The van der Waals surface area contributed by atoms with E-state index >= 15 is 0 Å². The van der Waals surface area contributed by atoms with Crippen LogP contribution < -0.4 is 5.32 Å². The summed E-state index contributed by atoms with van der Waals surface area (Å²) in [7, 11) is 0. The first-order valence-corrected chi connectivity index (χ1v) is 6.19. The average Bonchev–Trinajstić information content (AvgIpc) is 2.23. The van der Waals surface area contributed by atoms with Crippen LogP contribution in [0.2, 0.25) is 0 Å². The molecule has 0 aromatic rings. The van der Waals surface area contributed by atoms with Crippen LogP contribution in [0.15, 0.2) is 0 Å². The van der Waals surface area contributed by atoms with Crippen molar-refractivity contribution < 1.29 is 32.7 Å². The van der Waals surface area contributed by atoms with Crippen LogP contribution >= 0.6 is 0 Å². The largest absolute Gasteiger partial charge is 0.444 e. The van der Waals surface area contributed by atoms with E-state index in [9.17, 15) is 28.1 Å². The molecule has 7 nitrogen and oxygen atoms in total. The quantitative estimate of drug-likeness (QED) is 0.442. The number of alkyl halides is 3. The molecule has 1 amide bonds. The molecule has 0 saturated heterocycles. The predicted molar refractivity (Wildman–Crippen MR) is 66.3 cm³/mol. The second-order valence-electron chi connectivity index (χ2n) is 5.41. The van der Waals surface area contributed by atoms with Gasteiger partial charge in [0, 0.05) is 17.9 Å².